The van der Waals surface area contributed by atoms with Gasteiger partial charge in [0.05, 0.1) is 5.56 Å². The van der Waals surface area contributed by atoms with Crippen molar-refractivity contribution in [1.82, 2.24) is 9.88 Å². The van der Waals surface area contributed by atoms with Gasteiger partial charge in [-0.3, -0.25) is 0 Å². The van der Waals surface area contributed by atoms with E-state index in [0.29, 0.717) is 6.04 Å². The lowest BCUT2D eigenvalue weighted by Crippen LogP contribution is -2.40. The number of carboxylic acid groups (broad SMARTS) is 1. The van der Waals surface area contributed by atoms with Crippen LogP contribution in [-0.2, 0) is 0 Å². The Morgan fingerprint density at radius 3 is 3.00 bits per heavy atom. The summed E-state index contributed by atoms with van der Waals surface area (Å²) in [4.78, 5) is 17.2. The molecule has 0 spiro atoms. The van der Waals surface area contributed by atoms with Crippen molar-refractivity contribution in [2.45, 2.75) is 25.3 Å². The average Bonchev–Trinajstić information content (AvgIpc) is 2.38. The molecule has 1 saturated heterocycles. The molecule has 5 heteroatoms. The van der Waals surface area contributed by atoms with E-state index in [0.717, 1.165) is 18.9 Å². The minimum Gasteiger partial charge on any atom is -0.478 e. The second-order valence-electron chi connectivity index (χ2n) is 4.75. The molecule has 1 aromatic rings. The first-order valence-electron chi connectivity index (χ1n) is 6.30. The number of hydrogen-bond acceptors (Lipinski definition) is 4. The summed E-state index contributed by atoms with van der Waals surface area (Å²) in [7, 11) is 2.15. The van der Waals surface area contributed by atoms with E-state index < -0.39 is 5.97 Å². The van der Waals surface area contributed by atoms with Gasteiger partial charge in [-0.05, 0) is 38.6 Å². The molecule has 2 N–H and O–H groups in total. The van der Waals surface area contributed by atoms with Gasteiger partial charge in [0.25, 0.3) is 0 Å². The average molecular weight is 249 g/mol. The van der Waals surface area contributed by atoms with Gasteiger partial charge in [-0.1, -0.05) is 6.42 Å². The number of pyridine rings is 1. The highest BCUT2D eigenvalue weighted by Crippen LogP contribution is 2.15. The number of nitrogens with one attached hydrogen (secondary N) is 1. The molecule has 18 heavy (non-hydrogen) atoms. The quantitative estimate of drug-likeness (QED) is 0.850. The minimum atomic E-state index is -0.943. The zero-order valence-corrected chi connectivity index (χ0v) is 10.6. The van der Waals surface area contributed by atoms with Gasteiger partial charge in [0.15, 0.2) is 0 Å². The summed E-state index contributed by atoms with van der Waals surface area (Å²) < 4.78 is 0. The largest absolute Gasteiger partial charge is 0.478 e. The van der Waals surface area contributed by atoms with Gasteiger partial charge in [0.2, 0.25) is 0 Å². The highest BCUT2D eigenvalue weighted by Gasteiger charge is 2.18. The molecule has 5 nitrogen and oxygen atoms in total. The van der Waals surface area contributed by atoms with Crippen molar-refractivity contribution in [3.05, 3.63) is 23.9 Å². The molecule has 98 valence electrons. The maximum atomic E-state index is 10.7. The van der Waals surface area contributed by atoms with Crippen molar-refractivity contribution in [3.8, 4) is 0 Å². The number of carbonyl (C=O) groups is 1. The van der Waals surface area contributed by atoms with Crippen molar-refractivity contribution in [2.75, 3.05) is 25.5 Å². The summed E-state index contributed by atoms with van der Waals surface area (Å²) >= 11 is 0. The van der Waals surface area contributed by atoms with Crippen LogP contribution in [0.4, 0.5) is 5.82 Å². The van der Waals surface area contributed by atoms with Crippen LogP contribution in [-0.4, -0.2) is 47.1 Å². The first-order chi connectivity index (χ1) is 8.66. The predicted molar refractivity (Wildman–Crippen MR) is 70.0 cm³/mol. The van der Waals surface area contributed by atoms with Crippen molar-refractivity contribution < 1.29 is 9.90 Å². The van der Waals surface area contributed by atoms with Crippen LogP contribution in [0.5, 0.6) is 0 Å². The van der Waals surface area contributed by atoms with Crippen LogP contribution in [0.1, 0.15) is 29.6 Å². The smallest absolute Gasteiger partial charge is 0.337 e. The van der Waals surface area contributed by atoms with Gasteiger partial charge < -0.3 is 15.3 Å². The second-order valence-corrected chi connectivity index (χ2v) is 4.75. The molecule has 1 aromatic heterocycles. The summed E-state index contributed by atoms with van der Waals surface area (Å²) in [5, 5.41) is 12.0. The number of aromatic carboxylic acids is 1. The molecule has 0 radical (unpaired) electrons. The number of piperidine rings is 1. The van der Waals surface area contributed by atoms with E-state index >= 15 is 0 Å². The summed E-state index contributed by atoms with van der Waals surface area (Å²) in [6.45, 7) is 2.01. The summed E-state index contributed by atoms with van der Waals surface area (Å²) in [5.41, 5.74) is 0.218. The van der Waals surface area contributed by atoms with Crippen LogP contribution in [0.3, 0.4) is 0 Å². The zero-order chi connectivity index (χ0) is 13.0. The van der Waals surface area contributed by atoms with Gasteiger partial charge in [-0.25, -0.2) is 9.78 Å². The molecule has 0 aromatic carbocycles. The number of rotatable bonds is 4. The Bertz CT molecular complexity index is 405. The number of carboxylic acids is 1. The fraction of sp³-hybridized carbons (Fsp3) is 0.538. The maximum Gasteiger partial charge on any atom is 0.337 e. The molecule has 1 aliphatic heterocycles. The van der Waals surface area contributed by atoms with E-state index in [9.17, 15) is 4.79 Å². The third kappa shape index (κ3) is 3.20. The number of hydrogen-bond donors (Lipinski definition) is 2. The molecule has 1 atom stereocenters. The number of anilines is 1. The SMILES string of the molecule is CN1CCCCC1CNc1ccc(C(=O)O)cn1. The third-order valence-electron chi connectivity index (χ3n) is 3.45. The van der Waals surface area contributed by atoms with Gasteiger partial charge in [-0.2, -0.15) is 0 Å². The van der Waals surface area contributed by atoms with Gasteiger partial charge >= 0.3 is 5.97 Å². The van der Waals surface area contributed by atoms with Gasteiger partial charge in [-0.15, -0.1) is 0 Å². The van der Waals surface area contributed by atoms with Crippen molar-refractivity contribution >= 4 is 11.8 Å². The molecular formula is C13H19N3O2. The molecule has 0 bridgehead atoms. The predicted octanol–water partition coefficient (Wildman–Crippen LogP) is 1.68. The molecule has 1 aliphatic rings. The topological polar surface area (TPSA) is 65.5 Å². The van der Waals surface area contributed by atoms with Gasteiger partial charge in [0, 0.05) is 18.8 Å². The monoisotopic (exact) mass is 249 g/mol. The van der Waals surface area contributed by atoms with Crippen LogP contribution in [0, 0.1) is 0 Å². The summed E-state index contributed by atoms with van der Waals surface area (Å²) in [6.07, 6.45) is 5.15. The minimum absolute atomic E-state index is 0.218. The van der Waals surface area contributed by atoms with E-state index in [1.165, 1.54) is 25.5 Å². The third-order valence-corrected chi connectivity index (χ3v) is 3.45. The van der Waals surface area contributed by atoms with Crippen molar-refractivity contribution in [1.29, 1.82) is 0 Å². The summed E-state index contributed by atoms with van der Waals surface area (Å²) in [5.74, 6) is -0.208. The number of aromatic nitrogens is 1. The van der Waals surface area contributed by atoms with E-state index in [2.05, 4.69) is 22.2 Å². The van der Waals surface area contributed by atoms with Crippen LogP contribution in [0.25, 0.3) is 0 Å². The van der Waals surface area contributed by atoms with Crippen molar-refractivity contribution in [2.24, 2.45) is 0 Å². The Kier molecular flexibility index (Phi) is 4.15. The molecular weight excluding hydrogens is 230 g/mol. The number of likely N-dealkylation sites (tertiary alicyclic amines) is 1. The highest BCUT2D eigenvalue weighted by molar-refractivity contribution is 5.87. The second kappa shape index (κ2) is 5.82. The van der Waals surface area contributed by atoms with Crippen LogP contribution in [0.15, 0.2) is 18.3 Å². The van der Waals surface area contributed by atoms with E-state index in [-0.39, 0.29) is 5.56 Å². The van der Waals surface area contributed by atoms with Crippen LogP contribution < -0.4 is 5.32 Å². The fourth-order valence-corrected chi connectivity index (χ4v) is 2.25. The maximum absolute atomic E-state index is 10.7. The lowest BCUT2D eigenvalue weighted by atomic mass is 10.0. The first-order valence-corrected chi connectivity index (χ1v) is 6.30. The molecule has 0 aliphatic carbocycles. The molecule has 2 heterocycles. The number of nitrogens with zero attached hydrogens (tertiary/aromatic N) is 2. The standard InChI is InChI=1S/C13H19N3O2/c1-16-7-3-2-4-11(16)9-15-12-6-5-10(8-14-12)13(17)18/h5-6,8,11H,2-4,7,9H2,1H3,(H,14,15)(H,17,18). The molecule has 1 fully saturated rings. The van der Waals surface area contributed by atoms with Crippen LogP contribution >= 0.6 is 0 Å². The first kappa shape index (κ1) is 12.8. The highest BCUT2D eigenvalue weighted by atomic mass is 16.4. The van der Waals surface area contributed by atoms with Crippen LogP contribution in [0.2, 0.25) is 0 Å². The Morgan fingerprint density at radius 2 is 2.39 bits per heavy atom. The van der Waals surface area contributed by atoms with E-state index in [1.807, 2.05) is 0 Å². The lowest BCUT2D eigenvalue weighted by molar-refractivity contribution is 0.0696. The molecule has 1 unspecified atom stereocenters. The Morgan fingerprint density at radius 1 is 1.56 bits per heavy atom. The Hall–Kier alpha value is -1.62. The molecule has 0 saturated carbocycles. The fourth-order valence-electron chi connectivity index (χ4n) is 2.25. The van der Waals surface area contributed by atoms with Crippen molar-refractivity contribution in [3.63, 3.8) is 0 Å². The lowest BCUT2D eigenvalue weighted by Gasteiger charge is -2.32. The normalized spacial score (nSPS) is 20.6. The zero-order valence-electron chi connectivity index (χ0n) is 10.6. The van der Waals surface area contributed by atoms with E-state index in [4.69, 9.17) is 5.11 Å². The van der Waals surface area contributed by atoms with E-state index in [1.54, 1.807) is 12.1 Å². The molecule has 2 rings (SSSR count). The molecule has 0 amide bonds. The Balaban J connectivity index is 1.87. The number of likely N-dealkylation sites (N-methyl/N-ethyl adjacent to an activating group) is 1. The summed E-state index contributed by atoms with van der Waals surface area (Å²) in [6, 6.07) is 3.83. The van der Waals surface area contributed by atoms with Gasteiger partial charge in [0.1, 0.15) is 5.82 Å². The Labute approximate surface area is 107 Å².